The highest BCUT2D eigenvalue weighted by Crippen LogP contribution is 2.06. The third-order valence-corrected chi connectivity index (χ3v) is 1.87. The Bertz CT molecular complexity index is 373. The van der Waals surface area contributed by atoms with Gasteiger partial charge in [0.1, 0.15) is 5.76 Å². The third kappa shape index (κ3) is 3.74. The zero-order chi connectivity index (χ0) is 12.0. The van der Waals surface area contributed by atoms with Crippen LogP contribution in [0.25, 0.3) is 0 Å². The normalized spacial score (nSPS) is 9.88. The van der Waals surface area contributed by atoms with E-state index in [0.717, 1.165) is 0 Å². The van der Waals surface area contributed by atoms with Crippen LogP contribution >= 0.6 is 0 Å². The fourth-order valence-corrected chi connectivity index (χ4v) is 1.11. The first-order chi connectivity index (χ1) is 7.63. The summed E-state index contributed by atoms with van der Waals surface area (Å²) in [6.45, 7) is 2.43. The van der Waals surface area contributed by atoms with Crippen molar-refractivity contribution in [3.8, 4) is 0 Å². The van der Waals surface area contributed by atoms with Crippen LogP contribution in [0.5, 0.6) is 0 Å². The van der Waals surface area contributed by atoms with Gasteiger partial charge in [0.2, 0.25) is 5.91 Å². The Morgan fingerprint density at radius 2 is 2.00 bits per heavy atom. The molecule has 88 valence electrons. The Kier molecular flexibility index (Phi) is 4.53. The fraction of sp³-hybridized carbons (Fsp3) is 0.400. The molecule has 0 unspecified atom stereocenters. The monoisotopic (exact) mass is 225 g/mol. The fourth-order valence-electron chi connectivity index (χ4n) is 1.11. The van der Waals surface area contributed by atoms with E-state index in [1.807, 2.05) is 0 Å². The smallest absolute Gasteiger partial charge is 0.287 e. The van der Waals surface area contributed by atoms with Crippen LogP contribution < -0.4 is 16.4 Å². The van der Waals surface area contributed by atoms with E-state index in [1.54, 1.807) is 12.1 Å². The minimum absolute atomic E-state index is 0.127. The molecule has 0 saturated carbocycles. The van der Waals surface area contributed by atoms with Gasteiger partial charge in [0.15, 0.2) is 5.76 Å². The van der Waals surface area contributed by atoms with E-state index >= 15 is 0 Å². The SMILES string of the molecule is CC(=O)NCCNC(=O)c1ccc(CN)o1. The van der Waals surface area contributed by atoms with E-state index in [1.165, 1.54) is 6.92 Å². The van der Waals surface area contributed by atoms with E-state index in [-0.39, 0.29) is 24.1 Å². The van der Waals surface area contributed by atoms with Crippen LogP contribution in [-0.2, 0) is 11.3 Å². The molecular weight excluding hydrogens is 210 g/mol. The highest BCUT2D eigenvalue weighted by atomic mass is 16.4. The maximum Gasteiger partial charge on any atom is 0.287 e. The van der Waals surface area contributed by atoms with Gasteiger partial charge in [0.05, 0.1) is 6.54 Å². The Morgan fingerprint density at radius 3 is 2.56 bits per heavy atom. The molecule has 0 radical (unpaired) electrons. The van der Waals surface area contributed by atoms with E-state index in [0.29, 0.717) is 18.8 Å². The predicted octanol–water partition coefficient (Wildman–Crippen LogP) is -0.396. The first kappa shape index (κ1) is 12.3. The zero-order valence-electron chi connectivity index (χ0n) is 9.08. The molecule has 0 bridgehead atoms. The van der Waals surface area contributed by atoms with Crippen molar-refractivity contribution in [2.24, 2.45) is 5.73 Å². The summed E-state index contributed by atoms with van der Waals surface area (Å²) in [4.78, 5) is 22.0. The van der Waals surface area contributed by atoms with Crippen LogP contribution in [0.1, 0.15) is 23.2 Å². The van der Waals surface area contributed by atoms with Crippen molar-refractivity contribution in [2.45, 2.75) is 13.5 Å². The minimum Gasteiger partial charge on any atom is -0.455 e. The molecule has 6 heteroatoms. The van der Waals surface area contributed by atoms with Crippen LogP contribution in [0.2, 0.25) is 0 Å². The molecule has 16 heavy (non-hydrogen) atoms. The summed E-state index contributed by atoms with van der Waals surface area (Å²) in [7, 11) is 0. The number of nitrogens with two attached hydrogens (primary N) is 1. The van der Waals surface area contributed by atoms with E-state index in [4.69, 9.17) is 10.2 Å². The van der Waals surface area contributed by atoms with Gasteiger partial charge in [0, 0.05) is 20.0 Å². The first-order valence-electron chi connectivity index (χ1n) is 4.95. The summed E-state index contributed by atoms with van der Waals surface area (Å²) in [5.74, 6) is 0.345. The average molecular weight is 225 g/mol. The molecule has 1 aromatic rings. The zero-order valence-corrected chi connectivity index (χ0v) is 9.08. The van der Waals surface area contributed by atoms with Gasteiger partial charge in [-0.05, 0) is 12.1 Å². The lowest BCUT2D eigenvalue weighted by molar-refractivity contribution is -0.118. The van der Waals surface area contributed by atoms with Gasteiger partial charge in [-0.2, -0.15) is 0 Å². The van der Waals surface area contributed by atoms with Crippen molar-refractivity contribution in [1.82, 2.24) is 10.6 Å². The molecule has 0 aliphatic rings. The molecule has 0 aliphatic carbocycles. The number of nitrogens with one attached hydrogen (secondary N) is 2. The molecule has 1 aromatic heterocycles. The number of rotatable bonds is 5. The van der Waals surface area contributed by atoms with E-state index < -0.39 is 0 Å². The molecule has 6 nitrogen and oxygen atoms in total. The summed E-state index contributed by atoms with van der Waals surface area (Å²) >= 11 is 0. The van der Waals surface area contributed by atoms with Gasteiger partial charge in [-0.25, -0.2) is 0 Å². The quantitative estimate of drug-likeness (QED) is 0.594. The second-order valence-corrected chi connectivity index (χ2v) is 3.21. The molecular formula is C10H15N3O3. The number of amides is 2. The molecule has 4 N–H and O–H groups in total. The van der Waals surface area contributed by atoms with Crippen LogP contribution in [0.15, 0.2) is 16.5 Å². The topological polar surface area (TPSA) is 97.4 Å². The highest BCUT2D eigenvalue weighted by Gasteiger charge is 2.09. The van der Waals surface area contributed by atoms with Crippen molar-refractivity contribution in [3.63, 3.8) is 0 Å². The lowest BCUT2D eigenvalue weighted by atomic mass is 10.4. The van der Waals surface area contributed by atoms with Crippen molar-refractivity contribution < 1.29 is 14.0 Å². The molecule has 1 rings (SSSR count). The summed E-state index contributed by atoms with van der Waals surface area (Å²) in [5, 5.41) is 5.17. The Hall–Kier alpha value is -1.82. The van der Waals surface area contributed by atoms with Gasteiger partial charge in [0.25, 0.3) is 5.91 Å². The molecule has 0 saturated heterocycles. The molecule has 0 aromatic carbocycles. The third-order valence-electron chi connectivity index (χ3n) is 1.87. The summed E-state index contributed by atoms with van der Waals surface area (Å²) in [5.41, 5.74) is 5.35. The summed E-state index contributed by atoms with van der Waals surface area (Å²) in [6.07, 6.45) is 0. The van der Waals surface area contributed by atoms with Gasteiger partial charge < -0.3 is 20.8 Å². The standard InChI is InChI=1S/C10H15N3O3/c1-7(14)12-4-5-13-10(15)9-3-2-8(6-11)16-9/h2-3H,4-6,11H2,1H3,(H,12,14)(H,13,15). The predicted molar refractivity (Wildman–Crippen MR) is 57.6 cm³/mol. The summed E-state index contributed by atoms with van der Waals surface area (Å²) in [6, 6.07) is 3.22. The van der Waals surface area contributed by atoms with Crippen molar-refractivity contribution in [1.29, 1.82) is 0 Å². The Balaban J connectivity index is 2.32. The van der Waals surface area contributed by atoms with Crippen molar-refractivity contribution in [2.75, 3.05) is 13.1 Å². The maximum atomic E-state index is 11.5. The van der Waals surface area contributed by atoms with Gasteiger partial charge >= 0.3 is 0 Å². The van der Waals surface area contributed by atoms with E-state index in [9.17, 15) is 9.59 Å². The molecule has 2 amide bonds. The van der Waals surface area contributed by atoms with Crippen molar-refractivity contribution in [3.05, 3.63) is 23.7 Å². The van der Waals surface area contributed by atoms with Crippen LogP contribution in [0.3, 0.4) is 0 Å². The van der Waals surface area contributed by atoms with Crippen LogP contribution in [0.4, 0.5) is 0 Å². The first-order valence-corrected chi connectivity index (χ1v) is 4.95. The van der Waals surface area contributed by atoms with Gasteiger partial charge in [-0.15, -0.1) is 0 Å². The molecule has 0 atom stereocenters. The molecule has 0 aliphatic heterocycles. The number of hydrogen-bond acceptors (Lipinski definition) is 4. The number of furan rings is 1. The number of hydrogen-bond donors (Lipinski definition) is 3. The van der Waals surface area contributed by atoms with E-state index in [2.05, 4.69) is 10.6 Å². The minimum atomic E-state index is -0.315. The maximum absolute atomic E-state index is 11.5. The molecule has 0 fully saturated rings. The largest absolute Gasteiger partial charge is 0.455 e. The van der Waals surface area contributed by atoms with Crippen LogP contribution in [-0.4, -0.2) is 24.9 Å². The second kappa shape index (κ2) is 5.92. The summed E-state index contributed by atoms with van der Waals surface area (Å²) < 4.78 is 5.15. The number of carbonyl (C=O) groups excluding carboxylic acids is 2. The van der Waals surface area contributed by atoms with Gasteiger partial charge in [-0.1, -0.05) is 0 Å². The Labute approximate surface area is 93.2 Å². The number of carbonyl (C=O) groups is 2. The highest BCUT2D eigenvalue weighted by molar-refractivity contribution is 5.91. The second-order valence-electron chi connectivity index (χ2n) is 3.21. The lowest BCUT2D eigenvalue weighted by Gasteiger charge is -2.03. The van der Waals surface area contributed by atoms with Crippen LogP contribution in [0, 0.1) is 0 Å². The average Bonchev–Trinajstić information content (AvgIpc) is 2.72. The van der Waals surface area contributed by atoms with Gasteiger partial charge in [-0.3, -0.25) is 9.59 Å². The molecule has 1 heterocycles. The Morgan fingerprint density at radius 1 is 1.31 bits per heavy atom. The van der Waals surface area contributed by atoms with Crippen molar-refractivity contribution >= 4 is 11.8 Å². The molecule has 0 spiro atoms. The lowest BCUT2D eigenvalue weighted by Crippen LogP contribution is -2.33.